The molecule has 0 atom stereocenters. The lowest BCUT2D eigenvalue weighted by atomic mass is 10.3. The first-order valence-electron chi connectivity index (χ1n) is 7.86. The number of thioether (sulfide) groups is 1. The monoisotopic (exact) mass is 413 g/mol. The second kappa shape index (κ2) is 9.89. The van der Waals surface area contributed by atoms with Gasteiger partial charge in [0, 0.05) is 10.9 Å². The highest BCUT2D eigenvalue weighted by Crippen LogP contribution is 2.33. The minimum absolute atomic E-state index is 0.200. The van der Waals surface area contributed by atoms with Crippen LogP contribution < -0.4 is 0 Å². The number of hydrogen-bond acceptors (Lipinski definition) is 10. The second-order valence-corrected chi connectivity index (χ2v) is 8.00. The Bertz CT molecular complexity index is 795. The third-order valence-electron chi connectivity index (χ3n) is 3.02. The molecule has 0 amide bonds. The average Bonchev–Trinajstić information content (AvgIpc) is 2.93. The highest BCUT2D eigenvalue weighted by Gasteiger charge is 2.17. The van der Waals surface area contributed by atoms with E-state index in [9.17, 15) is 9.59 Å². The number of ether oxygens (including phenoxy) is 2. The van der Waals surface area contributed by atoms with Gasteiger partial charge in [-0.2, -0.15) is 0 Å². The summed E-state index contributed by atoms with van der Waals surface area (Å²) >= 11 is 4.08. The third kappa shape index (κ3) is 5.68. The molecule has 0 saturated carbocycles. The second-order valence-electron chi connectivity index (χ2n) is 4.87. The van der Waals surface area contributed by atoms with Gasteiger partial charge in [0.15, 0.2) is 15.2 Å². The van der Waals surface area contributed by atoms with Crippen molar-refractivity contribution >= 4 is 46.8 Å². The van der Waals surface area contributed by atoms with Crippen LogP contribution in [0.3, 0.4) is 0 Å². The number of carbonyl (C=O) groups is 2. The quantitative estimate of drug-likeness (QED) is 0.279. The van der Waals surface area contributed by atoms with Gasteiger partial charge in [0.1, 0.15) is 5.03 Å². The van der Waals surface area contributed by atoms with Crippen molar-refractivity contribution in [3.63, 3.8) is 0 Å². The van der Waals surface area contributed by atoms with E-state index in [-0.39, 0.29) is 24.7 Å². The maximum atomic E-state index is 12.0. The summed E-state index contributed by atoms with van der Waals surface area (Å²) in [5, 5.41) is 1.09. The summed E-state index contributed by atoms with van der Waals surface area (Å²) in [6.07, 6.45) is 2.04. The zero-order valence-corrected chi connectivity index (χ0v) is 17.3. The van der Waals surface area contributed by atoms with Crippen LogP contribution in [0.25, 0.3) is 0 Å². The zero-order chi connectivity index (χ0) is 19.1. The van der Waals surface area contributed by atoms with Crippen LogP contribution in [0.4, 0.5) is 0 Å². The van der Waals surface area contributed by atoms with Crippen molar-refractivity contribution in [1.82, 2.24) is 15.0 Å². The summed E-state index contributed by atoms with van der Waals surface area (Å²) in [5.41, 5.74) is 1.00. The number of nitrogens with zero attached hydrogens (tertiary/aromatic N) is 3. The topological polar surface area (TPSA) is 91.3 Å². The number of hydrogen-bond donors (Lipinski definition) is 0. The van der Waals surface area contributed by atoms with Gasteiger partial charge in [-0.15, -0.1) is 11.3 Å². The van der Waals surface area contributed by atoms with Crippen LogP contribution in [-0.4, -0.2) is 46.4 Å². The van der Waals surface area contributed by atoms with E-state index in [1.807, 2.05) is 13.2 Å². The summed E-state index contributed by atoms with van der Waals surface area (Å²) in [4.78, 5) is 37.5. The molecule has 2 aromatic heterocycles. The fraction of sp³-hybridized carbons (Fsp3) is 0.438. The van der Waals surface area contributed by atoms with Crippen LogP contribution in [0, 0.1) is 6.92 Å². The number of esters is 2. The number of rotatable bonds is 8. The molecule has 0 aliphatic heterocycles. The molecule has 0 bridgehead atoms. The highest BCUT2D eigenvalue weighted by atomic mass is 32.2. The Morgan fingerprint density at radius 3 is 2.54 bits per heavy atom. The smallest absolute Gasteiger partial charge is 0.357 e. The van der Waals surface area contributed by atoms with Gasteiger partial charge in [-0.25, -0.2) is 19.7 Å². The van der Waals surface area contributed by atoms with Gasteiger partial charge in [-0.1, -0.05) is 11.8 Å². The van der Waals surface area contributed by atoms with E-state index >= 15 is 0 Å². The molecule has 2 aromatic rings. The predicted molar refractivity (Wildman–Crippen MR) is 101 cm³/mol. The van der Waals surface area contributed by atoms with E-state index in [1.165, 1.54) is 34.9 Å². The molecular formula is C16H19N3O4S3. The minimum atomic E-state index is -0.481. The number of aryl methyl sites for hydroxylation is 1. The molecule has 10 heteroatoms. The van der Waals surface area contributed by atoms with Crippen molar-refractivity contribution in [2.45, 2.75) is 41.7 Å². The van der Waals surface area contributed by atoms with Gasteiger partial charge in [0.05, 0.1) is 25.3 Å². The first-order valence-corrected chi connectivity index (χ1v) is 10.7. The maximum absolute atomic E-state index is 12.0. The lowest BCUT2D eigenvalue weighted by Gasteiger charge is -2.05. The Kier molecular flexibility index (Phi) is 7.85. The van der Waals surface area contributed by atoms with E-state index < -0.39 is 5.97 Å². The summed E-state index contributed by atoms with van der Waals surface area (Å²) in [7, 11) is 0. The molecule has 0 unspecified atom stereocenters. The first kappa shape index (κ1) is 20.7. The first-order chi connectivity index (χ1) is 12.5. The molecule has 0 spiro atoms. The van der Waals surface area contributed by atoms with Gasteiger partial charge >= 0.3 is 11.9 Å². The average molecular weight is 414 g/mol. The third-order valence-corrected chi connectivity index (χ3v) is 5.71. The van der Waals surface area contributed by atoms with Crippen LogP contribution in [0.15, 0.2) is 20.6 Å². The molecule has 0 aliphatic rings. The summed E-state index contributed by atoms with van der Waals surface area (Å²) < 4.78 is 10.7. The van der Waals surface area contributed by atoms with Crippen molar-refractivity contribution in [2.75, 3.05) is 19.5 Å². The molecular weight excluding hydrogens is 394 g/mol. The van der Waals surface area contributed by atoms with Gasteiger partial charge < -0.3 is 9.47 Å². The van der Waals surface area contributed by atoms with Crippen LogP contribution in [-0.2, 0) is 20.7 Å². The summed E-state index contributed by atoms with van der Waals surface area (Å²) in [5.74, 6) is -0.752. The predicted octanol–water partition coefficient (Wildman–Crippen LogP) is 3.40. The molecule has 2 heterocycles. The molecule has 7 nitrogen and oxygen atoms in total. The normalized spacial score (nSPS) is 10.6. The van der Waals surface area contributed by atoms with Crippen LogP contribution in [0.5, 0.6) is 0 Å². The van der Waals surface area contributed by atoms with E-state index in [0.29, 0.717) is 16.8 Å². The standard InChI is InChI=1S/C16H19N3O4S3/c1-5-22-13(20)8-11-9(3)17-16(25-11)26-12-7-10(14(21)23-6-2)18-15(19-12)24-4/h7H,5-6,8H2,1-4H3. The van der Waals surface area contributed by atoms with Crippen molar-refractivity contribution in [3.05, 3.63) is 22.3 Å². The van der Waals surface area contributed by atoms with Crippen LogP contribution in [0.1, 0.15) is 34.9 Å². The zero-order valence-electron chi connectivity index (χ0n) is 14.9. The lowest BCUT2D eigenvalue weighted by molar-refractivity contribution is -0.142. The Balaban J connectivity index is 2.21. The minimum Gasteiger partial charge on any atom is -0.466 e. The Hall–Kier alpha value is -1.65. The van der Waals surface area contributed by atoms with E-state index in [2.05, 4.69) is 15.0 Å². The van der Waals surface area contributed by atoms with E-state index in [1.54, 1.807) is 19.9 Å². The SMILES string of the molecule is CCOC(=O)Cc1sc(Sc2cc(C(=O)OCC)nc(SC)n2)nc1C. The molecule has 2 rings (SSSR count). The van der Waals surface area contributed by atoms with Crippen molar-refractivity contribution in [2.24, 2.45) is 0 Å². The molecule has 0 aromatic carbocycles. The molecule has 0 N–H and O–H groups in total. The fourth-order valence-electron chi connectivity index (χ4n) is 1.90. The van der Waals surface area contributed by atoms with Crippen LogP contribution in [0.2, 0.25) is 0 Å². The number of thiazole rings is 1. The van der Waals surface area contributed by atoms with Crippen molar-refractivity contribution in [1.29, 1.82) is 0 Å². The van der Waals surface area contributed by atoms with Gasteiger partial charge in [-0.05, 0) is 38.8 Å². The summed E-state index contributed by atoms with van der Waals surface area (Å²) in [6, 6.07) is 1.59. The largest absolute Gasteiger partial charge is 0.466 e. The fourth-order valence-corrected chi connectivity index (χ4v) is 4.50. The van der Waals surface area contributed by atoms with E-state index in [4.69, 9.17) is 9.47 Å². The summed E-state index contributed by atoms with van der Waals surface area (Å²) in [6.45, 7) is 6.01. The number of carbonyl (C=O) groups excluding carboxylic acids is 2. The molecule has 0 aliphatic carbocycles. The van der Waals surface area contributed by atoms with Gasteiger partial charge in [0.2, 0.25) is 0 Å². The highest BCUT2D eigenvalue weighted by molar-refractivity contribution is 8.01. The molecule has 0 saturated heterocycles. The maximum Gasteiger partial charge on any atom is 0.357 e. The molecule has 0 fully saturated rings. The lowest BCUT2D eigenvalue weighted by Crippen LogP contribution is -2.08. The Labute approximate surface area is 164 Å². The Morgan fingerprint density at radius 1 is 1.15 bits per heavy atom. The molecule has 0 radical (unpaired) electrons. The molecule has 26 heavy (non-hydrogen) atoms. The number of aromatic nitrogens is 3. The van der Waals surface area contributed by atoms with Crippen molar-refractivity contribution < 1.29 is 19.1 Å². The van der Waals surface area contributed by atoms with Crippen molar-refractivity contribution in [3.8, 4) is 0 Å². The van der Waals surface area contributed by atoms with E-state index in [0.717, 1.165) is 14.9 Å². The van der Waals surface area contributed by atoms with Crippen LogP contribution >= 0.6 is 34.9 Å². The van der Waals surface area contributed by atoms with Gasteiger partial charge in [0.25, 0.3) is 0 Å². The molecule has 140 valence electrons. The Morgan fingerprint density at radius 2 is 1.88 bits per heavy atom. The van der Waals surface area contributed by atoms with Gasteiger partial charge in [-0.3, -0.25) is 4.79 Å².